The van der Waals surface area contributed by atoms with E-state index in [4.69, 9.17) is 20.3 Å². The lowest BCUT2D eigenvalue weighted by atomic mass is 9.85. The predicted octanol–water partition coefficient (Wildman–Crippen LogP) is 4.46. The number of esters is 1. The lowest BCUT2D eigenvalue weighted by Crippen LogP contribution is -2.36. The van der Waals surface area contributed by atoms with E-state index >= 15 is 0 Å². The number of amides is 2. The van der Waals surface area contributed by atoms with E-state index in [1.807, 2.05) is 45.0 Å². The average Bonchev–Trinajstić information content (AvgIpc) is 2.90. The molecule has 4 rings (SSSR count). The molecule has 0 aliphatic heterocycles. The Morgan fingerprint density at radius 1 is 1.13 bits per heavy atom. The van der Waals surface area contributed by atoms with Gasteiger partial charge in [0, 0.05) is 11.5 Å². The van der Waals surface area contributed by atoms with Crippen LogP contribution in [0.2, 0.25) is 0 Å². The monoisotopic (exact) mass is 531 g/mol. The Morgan fingerprint density at radius 2 is 1.87 bits per heavy atom. The number of hydrogen-bond acceptors (Lipinski definition) is 8. The number of hydrogen-bond donors (Lipinski definition) is 4. The molecule has 1 aliphatic carbocycles. The number of carbonyl (C=O) groups is 2. The highest BCUT2D eigenvalue weighted by atomic mass is 16.5. The molecule has 0 fully saturated rings. The normalized spacial score (nSPS) is 16.5. The zero-order valence-corrected chi connectivity index (χ0v) is 22.4. The second-order valence-corrected chi connectivity index (χ2v) is 10.2. The van der Waals surface area contributed by atoms with Crippen LogP contribution in [0.15, 0.2) is 48.7 Å². The molecule has 1 aromatic carbocycles. The molecule has 2 atom stereocenters. The van der Waals surface area contributed by atoms with Crippen LogP contribution in [0.25, 0.3) is 0 Å². The largest absolute Gasteiger partial charge is 0.484 e. The summed E-state index contributed by atoms with van der Waals surface area (Å²) in [6, 6.07) is 12.0. The minimum absolute atomic E-state index is 0.106. The van der Waals surface area contributed by atoms with Crippen molar-refractivity contribution in [2.75, 3.05) is 11.9 Å². The summed E-state index contributed by atoms with van der Waals surface area (Å²) in [6.45, 7) is 7.76. The number of urea groups is 1. The lowest BCUT2D eigenvalue weighted by molar-refractivity contribution is 0.0511. The Bertz CT molecular complexity index is 1440. The number of benzene rings is 1. The van der Waals surface area contributed by atoms with Crippen molar-refractivity contribution in [3.05, 3.63) is 76.8 Å². The van der Waals surface area contributed by atoms with Crippen LogP contribution in [0.4, 0.5) is 10.6 Å². The molecule has 2 unspecified atom stereocenters. The summed E-state index contributed by atoms with van der Waals surface area (Å²) in [5.74, 6) is 0.000531. The Labute approximate surface area is 226 Å². The van der Waals surface area contributed by atoms with Gasteiger partial charge in [-0.3, -0.25) is 20.7 Å². The second kappa shape index (κ2) is 11.5. The Hall–Kier alpha value is -4.54. The molecular formula is C28H33N7O4. The number of carbonyl (C=O) groups excluding carboxylic acids is 2. The molecule has 0 bridgehead atoms. The standard InChI is InChI=1S/C28H33N7O4/c1-5-38-26(36)25-32-22(28(2,3)4)14-24(33-25)34-27(37)31-20-11-12-21(19-9-7-6-8-18(19)20)39-17-10-13-23(30)35(15-17)16-29/h6-10,13-16,20-21,29-30H,5,11-12H2,1-4H3,(H2,31,32,33,34,37). The van der Waals surface area contributed by atoms with Crippen LogP contribution in [0.1, 0.15) is 80.1 Å². The fourth-order valence-electron chi connectivity index (χ4n) is 4.35. The first-order valence-corrected chi connectivity index (χ1v) is 12.8. The highest BCUT2D eigenvalue weighted by molar-refractivity contribution is 5.90. The first-order valence-electron chi connectivity index (χ1n) is 12.8. The minimum Gasteiger partial charge on any atom is -0.484 e. The zero-order chi connectivity index (χ0) is 28.2. The van der Waals surface area contributed by atoms with Crippen molar-refractivity contribution in [3.63, 3.8) is 0 Å². The molecule has 0 saturated heterocycles. The molecule has 0 radical (unpaired) electrons. The van der Waals surface area contributed by atoms with Crippen LogP contribution in [0.3, 0.4) is 0 Å². The number of rotatable bonds is 7. The SMILES string of the molecule is CCOC(=O)c1nc(NC(=O)NC2CCC(Oc3ccc(=N)n(C=N)c3)c3ccccc32)cc(C(C)(C)C)n1. The maximum absolute atomic E-state index is 13.1. The van der Waals surface area contributed by atoms with Crippen LogP contribution in [0.5, 0.6) is 5.75 Å². The van der Waals surface area contributed by atoms with Crippen LogP contribution in [-0.2, 0) is 10.2 Å². The first kappa shape index (κ1) is 27.5. The minimum atomic E-state index is -0.650. The fraction of sp³-hybridized carbons (Fsp3) is 0.357. The lowest BCUT2D eigenvalue weighted by Gasteiger charge is -2.32. The summed E-state index contributed by atoms with van der Waals surface area (Å²) in [7, 11) is 0. The summed E-state index contributed by atoms with van der Waals surface area (Å²) < 4.78 is 12.7. The van der Waals surface area contributed by atoms with Crippen molar-refractivity contribution in [1.29, 1.82) is 10.8 Å². The maximum Gasteiger partial charge on any atom is 0.376 e. The summed E-state index contributed by atoms with van der Waals surface area (Å²) in [4.78, 5) is 33.9. The van der Waals surface area contributed by atoms with Crippen molar-refractivity contribution >= 4 is 24.2 Å². The van der Waals surface area contributed by atoms with Gasteiger partial charge in [-0.25, -0.2) is 19.6 Å². The Balaban J connectivity index is 1.52. The van der Waals surface area contributed by atoms with E-state index in [2.05, 4.69) is 20.6 Å². The van der Waals surface area contributed by atoms with E-state index < -0.39 is 12.0 Å². The molecule has 1 aliphatic rings. The van der Waals surface area contributed by atoms with Crippen LogP contribution < -0.4 is 20.9 Å². The predicted molar refractivity (Wildman–Crippen MR) is 145 cm³/mol. The number of pyridine rings is 1. The highest BCUT2D eigenvalue weighted by Gasteiger charge is 2.30. The van der Waals surface area contributed by atoms with Crippen molar-refractivity contribution in [3.8, 4) is 5.75 Å². The van der Waals surface area contributed by atoms with Crippen molar-refractivity contribution < 1.29 is 19.1 Å². The highest BCUT2D eigenvalue weighted by Crippen LogP contribution is 2.38. The molecule has 2 heterocycles. The van der Waals surface area contributed by atoms with Gasteiger partial charge in [-0.2, -0.15) is 0 Å². The van der Waals surface area contributed by atoms with Gasteiger partial charge < -0.3 is 14.8 Å². The molecular weight excluding hydrogens is 498 g/mol. The number of anilines is 1. The maximum atomic E-state index is 13.1. The van der Waals surface area contributed by atoms with E-state index in [9.17, 15) is 9.59 Å². The summed E-state index contributed by atoms with van der Waals surface area (Å²) in [5.41, 5.74) is 2.29. The number of aromatic nitrogens is 3. The summed E-state index contributed by atoms with van der Waals surface area (Å²) in [5, 5.41) is 21.1. The molecule has 204 valence electrons. The van der Waals surface area contributed by atoms with Gasteiger partial charge in [-0.15, -0.1) is 0 Å². The molecule has 0 spiro atoms. The van der Waals surface area contributed by atoms with Crippen LogP contribution >= 0.6 is 0 Å². The van der Waals surface area contributed by atoms with Crippen molar-refractivity contribution in [1.82, 2.24) is 19.9 Å². The van der Waals surface area contributed by atoms with E-state index in [1.165, 1.54) is 4.57 Å². The first-order chi connectivity index (χ1) is 18.6. The van der Waals surface area contributed by atoms with E-state index in [1.54, 1.807) is 31.3 Å². The number of nitrogens with one attached hydrogen (secondary N) is 4. The molecule has 3 aromatic rings. The van der Waals surface area contributed by atoms with Crippen molar-refractivity contribution in [2.24, 2.45) is 0 Å². The van der Waals surface area contributed by atoms with Gasteiger partial charge in [-0.1, -0.05) is 45.0 Å². The summed E-state index contributed by atoms with van der Waals surface area (Å²) in [6.07, 6.45) is 3.68. The van der Waals surface area contributed by atoms with Gasteiger partial charge in [0.2, 0.25) is 5.82 Å². The summed E-state index contributed by atoms with van der Waals surface area (Å²) >= 11 is 0. The van der Waals surface area contributed by atoms with Gasteiger partial charge in [0.1, 0.15) is 23.2 Å². The molecule has 0 saturated carbocycles. The van der Waals surface area contributed by atoms with Gasteiger partial charge in [0.25, 0.3) is 0 Å². The number of fused-ring (bicyclic) bond motifs is 1. The Kier molecular flexibility index (Phi) is 8.08. The molecule has 11 nitrogen and oxygen atoms in total. The third-order valence-electron chi connectivity index (χ3n) is 6.30. The van der Waals surface area contributed by atoms with E-state index in [0.717, 1.165) is 17.5 Å². The van der Waals surface area contributed by atoms with Crippen LogP contribution in [-0.4, -0.2) is 39.5 Å². The average molecular weight is 532 g/mol. The molecule has 2 aromatic heterocycles. The number of nitrogens with zero attached hydrogens (tertiary/aromatic N) is 3. The van der Waals surface area contributed by atoms with E-state index in [0.29, 0.717) is 24.3 Å². The number of ether oxygens (including phenoxy) is 2. The van der Waals surface area contributed by atoms with Gasteiger partial charge in [0.05, 0.1) is 30.9 Å². The molecule has 11 heteroatoms. The third kappa shape index (κ3) is 6.49. The molecule has 2 amide bonds. The zero-order valence-electron chi connectivity index (χ0n) is 22.4. The molecule has 39 heavy (non-hydrogen) atoms. The topological polar surface area (TPSA) is 155 Å². The van der Waals surface area contributed by atoms with Gasteiger partial charge in [0.15, 0.2) is 0 Å². The Morgan fingerprint density at radius 3 is 2.56 bits per heavy atom. The second-order valence-electron chi connectivity index (χ2n) is 10.2. The third-order valence-corrected chi connectivity index (χ3v) is 6.30. The molecule has 4 N–H and O–H groups in total. The van der Waals surface area contributed by atoms with E-state index in [-0.39, 0.29) is 41.3 Å². The van der Waals surface area contributed by atoms with Gasteiger partial charge in [-0.05, 0) is 43.0 Å². The quantitative estimate of drug-likeness (QED) is 0.200. The smallest absolute Gasteiger partial charge is 0.376 e. The van der Waals surface area contributed by atoms with Crippen LogP contribution in [0, 0.1) is 10.8 Å². The van der Waals surface area contributed by atoms with Crippen molar-refractivity contribution in [2.45, 2.75) is 58.1 Å². The van der Waals surface area contributed by atoms with Gasteiger partial charge >= 0.3 is 12.0 Å². The fourth-order valence-corrected chi connectivity index (χ4v) is 4.35.